The number of H-pyrrole nitrogens is 1. The van der Waals surface area contributed by atoms with E-state index >= 15 is 0 Å². The highest BCUT2D eigenvalue weighted by Crippen LogP contribution is 2.27. The van der Waals surface area contributed by atoms with E-state index in [9.17, 15) is 19.5 Å². The molecule has 0 aliphatic carbocycles. The maximum absolute atomic E-state index is 12.0. The van der Waals surface area contributed by atoms with Crippen molar-refractivity contribution in [3.8, 4) is 0 Å². The van der Waals surface area contributed by atoms with Crippen LogP contribution >= 0.6 is 15.9 Å². The quantitative estimate of drug-likeness (QED) is 0.319. The molecule has 0 saturated carbocycles. The molecule has 1 aliphatic rings. The maximum Gasteiger partial charge on any atom is 0.330 e. The zero-order valence-electron chi connectivity index (χ0n) is 14.5. The molecule has 10 heteroatoms. The third-order valence-corrected chi connectivity index (χ3v) is 5.36. The molecule has 146 valence electrons. The predicted octanol–water partition coefficient (Wildman–Crippen LogP) is -0.600. The van der Waals surface area contributed by atoms with Gasteiger partial charge in [-0.1, -0.05) is 22.9 Å². The van der Waals surface area contributed by atoms with Gasteiger partial charge >= 0.3 is 5.69 Å². The van der Waals surface area contributed by atoms with Gasteiger partial charge in [0.15, 0.2) is 0 Å². The number of hydrogen-bond acceptors (Lipinski definition) is 6. The SMILES string of the molecule is CCC(Br)C(=O)NCCCc1cn([C@H]2C[C@H](O)[C@@H](CO)O2)c(=O)[nH]c1=O. The Bertz CT molecular complexity index is 733. The third kappa shape index (κ3) is 5.03. The van der Waals surface area contributed by atoms with Gasteiger partial charge in [-0.25, -0.2) is 4.79 Å². The van der Waals surface area contributed by atoms with E-state index in [-0.39, 0.29) is 23.8 Å². The van der Waals surface area contributed by atoms with Crippen LogP contribution in [0.15, 0.2) is 15.8 Å². The number of aromatic nitrogens is 2. The first-order valence-electron chi connectivity index (χ1n) is 8.57. The highest BCUT2D eigenvalue weighted by molar-refractivity contribution is 9.10. The van der Waals surface area contributed by atoms with Crippen LogP contribution in [0, 0.1) is 0 Å². The van der Waals surface area contributed by atoms with Crippen molar-refractivity contribution >= 4 is 21.8 Å². The summed E-state index contributed by atoms with van der Waals surface area (Å²) in [5.41, 5.74) is -0.732. The summed E-state index contributed by atoms with van der Waals surface area (Å²) in [6, 6.07) is 0. The van der Waals surface area contributed by atoms with E-state index in [0.717, 1.165) is 0 Å². The second-order valence-electron chi connectivity index (χ2n) is 6.21. The molecule has 0 aromatic carbocycles. The number of halogens is 1. The second kappa shape index (κ2) is 9.45. The van der Waals surface area contributed by atoms with Gasteiger partial charge in [0.1, 0.15) is 12.3 Å². The molecule has 0 spiro atoms. The first-order chi connectivity index (χ1) is 12.4. The van der Waals surface area contributed by atoms with Crippen molar-refractivity contribution in [1.29, 1.82) is 0 Å². The third-order valence-electron chi connectivity index (χ3n) is 4.30. The number of alkyl halides is 1. The number of aliphatic hydroxyl groups is 2. The van der Waals surface area contributed by atoms with E-state index in [1.165, 1.54) is 10.8 Å². The number of hydrogen-bond donors (Lipinski definition) is 4. The van der Waals surface area contributed by atoms with Crippen LogP contribution in [-0.4, -0.2) is 55.9 Å². The molecule has 26 heavy (non-hydrogen) atoms. The van der Waals surface area contributed by atoms with Crippen molar-refractivity contribution < 1.29 is 19.7 Å². The first-order valence-corrected chi connectivity index (χ1v) is 9.49. The lowest BCUT2D eigenvalue weighted by atomic mass is 10.1. The van der Waals surface area contributed by atoms with E-state index in [1.54, 1.807) is 0 Å². The zero-order chi connectivity index (χ0) is 19.3. The Hall–Kier alpha value is -1.49. The van der Waals surface area contributed by atoms with Gasteiger partial charge in [0.05, 0.1) is 17.5 Å². The van der Waals surface area contributed by atoms with Crippen LogP contribution in [0.2, 0.25) is 0 Å². The number of rotatable bonds is 8. The van der Waals surface area contributed by atoms with E-state index < -0.39 is 29.7 Å². The zero-order valence-corrected chi connectivity index (χ0v) is 16.1. The van der Waals surface area contributed by atoms with Crippen molar-refractivity contribution in [2.75, 3.05) is 13.2 Å². The lowest BCUT2D eigenvalue weighted by Gasteiger charge is -2.15. The summed E-state index contributed by atoms with van der Waals surface area (Å²) in [6.07, 6.45) is 0.765. The first kappa shape index (κ1) is 20.8. The van der Waals surface area contributed by atoms with E-state index in [1.807, 2.05) is 6.92 Å². The Morgan fingerprint density at radius 1 is 1.54 bits per heavy atom. The van der Waals surface area contributed by atoms with Crippen LogP contribution in [0.3, 0.4) is 0 Å². The molecular formula is C16H24BrN3O6. The molecular weight excluding hydrogens is 410 g/mol. The number of nitrogens with one attached hydrogen (secondary N) is 2. The van der Waals surface area contributed by atoms with Gasteiger partial charge < -0.3 is 20.3 Å². The molecule has 1 aromatic heterocycles. The van der Waals surface area contributed by atoms with Gasteiger partial charge in [-0.15, -0.1) is 0 Å². The van der Waals surface area contributed by atoms with Crippen LogP contribution in [0.1, 0.15) is 38.0 Å². The number of aromatic amines is 1. The van der Waals surface area contributed by atoms with Crippen LogP contribution in [0.5, 0.6) is 0 Å². The average molecular weight is 434 g/mol. The lowest BCUT2D eigenvalue weighted by Crippen LogP contribution is -2.35. The van der Waals surface area contributed by atoms with Crippen molar-refractivity contribution in [2.24, 2.45) is 0 Å². The minimum atomic E-state index is -0.877. The summed E-state index contributed by atoms with van der Waals surface area (Å²) in [7, 11) is 0. The molecule has 1 aliphatic heterocycles. The molecule has 0 radical (unpaired) electrons. The number of aliphatic hydroxyl groups excluding tert-OH is 2. The molecule has 4 N–H and O–H groups in total. The van der Waals surface area contributed by atoms with Gasteiger partial charge in [-0.05, 0) is 19.3 Å². The van der Waals surface area contributed by atoms with E-state index in [4.69, 9.17) is 9.84 Å². The van der Waals surface area contributed by atoms with Crippen molar-refractivity contribution in [3.05, 3.63) is 32.6 Å². The number of aryl methyl sites for hydroxylation is 1. The molecule has 4 atom stereocenters. The largest absolute Gasteiger partial charge is 0.394 e. The highest BCUT2D eigenvalue weighted by atomic mass is 79.9. The number of carbonyl (C=O) groups excluding carboxylic acids is 1. The number of carbonyl (C=O) groups is 1. The number of amides is 1. The van der Waals surface area contributed by atoms with Crippen molar-refractivity contribution in [1.82, 2.24) is 14.9 Å². The van der Waals surface area contributed by atoms with Crippen molar-refractivity contribution in [3.63, 3.8) is 0 Å². The summed E-state index contributed by atoms with van der Waals surface area (Å²) < 4.78 is 6.68. The second-order valence-corrected chi connectivity index (χ2v) is 7.31. The summed E-state index contributed by atoms with van der Waals surface area (Å²) >= 11 is 3.26. The van der Waals surface area contributed by atoms with Gasteiger partial charge in [-0.2, -0.15) is 0 Å². The Morgan fingerprint density at radius 2 is 2.27 bits per heavy atom. The fraction of sp³-hybridized carbons (Fsp3) is 0.688. The minimum Gasteiger partial charge on any atom is -0.394 e. The monoisotopic (exact) mass is 433 g/mol. The molecule has 0 bridgehead atoms. The molecule has 1 fully saturated rings. The van der Waals surface area contributed by atoms with Crippen LogP contribution in [-0.2, 0) is 16.0 Å². The van der Waals surface area contributed by atoms with E-state index in [0.29, 0.717) is 31.4 Å². The molecule has 1 aromatic rings. The van der Waals surface area contributed by atoms with Gasteiger partial charge in [-0.3, -0.25) is 19.1 Å². The average Bonchev–Trinajstić information content (AvgIpc) is 2.99. The molecule has 1 saturated heterocycles. The van der Waals surface area contributed by atoms with Gasteiger partial charge in [0.2, 0.25) is 5.91 Å². The summed E-state index contributed by atoms with van der Waals surface area (Å²) in [5.74, 6) is -0.102. The maximum atomic E-state index is 12.0. The Kier molecular flexibility index (Phi) is 7.56. The van der Waals surface area contributed by atoms with Crippen LogP contribution in [0.25, 0.3) is 0 Å². The fourth-order valence-corrected chi connectivity index (χ4v) is 2.92. The van der Waals surface area contributed by atoms with Crippen LogP contribution < -0.4 is 16.6 Å². The summed E-state index contributed by atoms with van der Waals surface area (Å²) in [6.45, 7) is 1.95. The molecule has 2 heterocycles. The van der Waals surface area contributed by atoms with Crippen LogP contribution in [0.4, 0.5) is 0 Å². The smallest absolute Gasteiger partial charge is 0.330 e. The fourth-order valence-electron chi connectivity index (χ4n) is 2.76. The molecule has 2 rings (SSSR count). The van der Waals surface area contributed by atoms with E-state index in [2.05, 4.69) is 26.2 Å². The van der Waals surface area contributed by atoms with Crippen molar-refractivity contribution in [2.45, 2.75) is 55.9 Å². The van der Waals surface area contributed by atoms with Gasteiger partial charge in [0.25, 0.3) is 5.56 Å². The predicted molar refractivity (Wildman–Crippen MR) is 97.3 cm³/mol. The van der Waals surface area contributed by atoms with Gasteiger partial charge in [0, 0.05) is 24.7 Å². The molecule has 9 nitrogen and oxygen atoms in total. The normalized spacial score (nSPS) is 23.8. The number of ether oxygens (including phenoxy) is 1. The summed E-state index contributed by atoms with van der Waals surface area (Å²) in [4.78, 5) is 37.7. The number of nitrogens with zero attached hydrogens (tertiary/aromatic N) is 1. The Labute approximate surface area is 158 Å². The highest BCUT2D eigenvalue weighted by Gasteiger charge is 2.35. The molecule has 1 amide bonds. The Balaban J connectivity index is 2.01. The minimum absolute atomic E-state index is 0.102. The standard InChI is InChI=1S/C16H24BrN3O6/c1-2-10(17)15(24)18-5-3-4-9-7-20(16(25)19-14(9)23)13-6-11(22)12(8-21)26-13/h7,10-13,21-22H,2-6,8H2,1H3,(H,18,24)(H,19,23,25)/t10?,11-,12+,13+/m0/s1. The molecule has 1 unspecified atom stereocenters. The summed E-state index contributed by atoms with van der Waals surface area (Å²) in [5, 5.41) is 21.7. The Morgan fingerprint density at radius 3 is 2.88 bits per heavy atom. The topological polar surface area (TPSA) is 134 Å². The lowest BCUT2D eigenvalue weighted by molar-refractivity contribution is -0.120.